The van der Waals surface area contributed by atoms with E-state index in [1.165, 1.54) is 12.0 Å². The number of hydrogen-bond acceptors (Lipinski definition) is 3. The van der Waals surface area contributed by atoms with Crippen LogP contribution in [0.4, 0.5) is 0 Å². The monoisotopic (exact) mass is 290 g/mol. The summed E-state index contributed by atoms with van der Waals surface area (Å²) in [4.78, 5) is 4.56. The van der Waals surface area contributed by atoms with Crippen LogP contribution in [-0.4, -0.2) is 17.6 Å². The van der Waals surface area contributed by atoms with Crippen LogP contribution in [0.3, 0.4) is 0 Å². The normalized spacial score (nSPS) is 24.8. The molecule has 1 saturated carbocycles. The molecule has 1 aromatic heterocycles. The molecule has 0 saturated heterocycles. The van der Waals surface area contributed by atoms with Gasteiger partial charge in [0, 0.05) is 18.3 Å². The Hall–Kier alpha value is -1.09. The summed E-state index contributed by atoms with van der Waals surface area (Å²) >= 11 is 0. The Labute approximate surface area is 129 Å². The first-order chi connectivity index (χ1) is 9.88. The summed E-state index contributed by atoms with van der Waals surface area (Å²) in [6.45, 7) is 13.0. The maximum atomic E-state index is 6.22. The lowest BCUT2D eigenvalue weighted by Gasteiger charge is -2.38. The summed E-state index contributed by atoms with van der Waals surface area (Å²) < 4.78 is 6.22. The van der Waals surface area contributed by atoms with Crippen molar-refractivity contribution in [1.82, 2.24) is 10.3 Å². The Morgan fingerprint density at radius 1 is 1.33 bits per heavy atom. The first kappa shape index (κ1) is 16.3. The van der Waals surface area contributed by atoms with Crippen LogP contribution in [0.1, 0.15) is 58.2 Å². The molecule has 118 valence electrons. The van der Waals surface area contributed by atoms with E-state index in [4.69, 9.17) is 4.74 Å². The van der Waals surface area contributed by atoms with E-state index in [1.807, 2.05) is 6.92 Å². The van der Waals surface area contributed by atoms with Gasteiger partial charge in [-0.1, -0.05) is 27.7 Å². The molecule has 2 unspecified atom stereocenters. The van der Waals surface area contributed by atoms with Gasteiger partial charge in [0.15, 0.2) is 0 Å². The third-order valence-electron chi connectivity index (χ3n) is 4.20. The minimum atomic E-state index is 0.296. The van der Waals surface area contributed by atoms with Crippen molar-refractivity contribution >= 4 is 0 Å². The lowest BCUT2D eigenvalue weighted by atomic mass is 9.71. The summed E-state index contributed by atoms with van der Waals surface area (Å²) in [6.07, 6.45) is 3.85. The fraction of sp³-hybridized carbons (Fsp3) is 0.722. The van der Waals surface area contributed by atoms with Gasteiger partial charge >= 0.3 is 0 Å². The second kappa shape index (κ2) is 6.78. The van der Waals surface area contributed by atoms with Gasteiger partial charge in [-0.25, -0.2) is 4.98 Å². The average Bonchev–Trinajstić information content (AvgIpc) is 2.33. The SMILES string of the molecule is CCNCc1cc(C)nc(OC2CC(C)CC(C)(C)C2)c1. The zero-order valence-corrected chi connectivity index (χ0v) is 14.2. The number of aromatic nitrogens is 1. The third-order valence-corrected chi connectivity index (χ3v) is 4.20. The lowest BCUT2D eigenvalue weighted by Crippen LogP contribution is -2.34. The number of hydrogen-bond donors (Lipinski definition) is 1. The van der Waals surface area contributed by atoms with Gasteiger partial charge in [-0.2, -0.15) is 0 Å². The zero-order valence-electron chi connectivity index (χ0n) is 14.2. The topological polar surface area (TPSA) is 34.2 Å². The molecule has 0 amide bonds. The van der Waals surface area contributed by atoms with Gasteiger partial charge < -0.3 is 10.1 Å². The van der Waals surface area contributed by atoms with E-state index < -0.39 is 0 Å². The number of nitrogens with zero attached hydrogens (tertiary/aromatic N) is 1. The van der Waals surface area contributed by atoms with Crippen LogP contribution < -0.4 is 10.1 Å². The van der Waals surface area contributed by atoms with Crippen molar-refractivity contribution in [2.75, 3.05) is 6.54 Å². The molecule has 1 aromatic rings. The van der Waals surface area contributed by atoms with Crippen LogP contribution >= 0.6 is 0 Å². The number of pyridine rings is 1. The fourth-order valence-corrected chi connectivity index (χ4v) is 3.66. The molecule has 1 fully saturated rings. The molecule has 0 aliphatic heterocycles. The summed E-state index contributed by atoms with van der Waals surface area (Å²) in [6, 6.07) is 4.21. The van der Waals surface area contributed by atoms with E-state index in [0.29, 0.717) is 11.5 Å². The minimum absolute atomic E-state index is 0.296. The summed E-state index contributed by atoms with van der Waals surface area (Å²) in [5.41, 5.74) is 2.66. The Morgan fingerprint density at radius 2 is 2.10 bits per heavy atom. The Kier molecular flexibility index (Phi) is 5.26. The second-order valence-electron chi connectivity index (χ2n) is 7.39. The van der Waals surface area contributed by atoms with Crippen molar-refractivity contribution in [3.63, 3.8) is 0 Å². The van der Waals surface area contributed by atoms with Crippen molar-refractivity contribution in [2.24, 2.45) is 11.3 Å². The van der Waals surface area contributed by atoms with Gasteiger partial charge in [-0.3, -0.25) is 0 Å². The molecule has 2 rings (SSSR count). The van der Waals surface area contributed by atoms with Crippen LogP contribution in [0, 0.1) is 18.3 Å². The van der Waals surface area contributed by atoms with Crippen molar-refractivity contribution < 1.29 is 4.74 Å². The predicted molar refractivity (Wildman–Crippen MR) is 87.6 cm³/mol. The molecule has 1 N–H and O–H groups in total. The maximum absolute atomic E-state index is 6.22. The number of rotatable bonds is 5. The molecule has 0 radical (unpaired) electrons. The lowest BCUT2D eigenvalue weighted by molar-refractivity contribution is 0.0531. The van der Waals surface area contributed by atoms with E-state index in [9.17, 15) is 0 Å². The van der Waals surface area contributed by atoms with Crippen molar-refractivity contribution in [2.45, 2.75) is 66.5 Å². The highest BCUT2D eigenvalue weighted by Gasteiger charge is 2.33. The van der Waals surface area contributed by atoms with E-state index in [0.717, 1.165) is 43.4 Å². The molecular formula is C18H30N2O. The Bertz CT molecular complexity index is 470. The van der Waals surface area contributed by atoms with Gasteiger partial charge in [-0.15, -0.1) is 0 Å². The summed E-state index contributed by atoms with van der Waals surface area (Å²) in [5.74, 6) is 1.52. The Morgan fingerprint density at radius 3 is 2.76 bits per heavy atom. The first-order valence-corrected chi connectivity index (χ1v) is 8.23. The van der Waals surface area contributed by atoms with Crippen LogP contribution in [0.2, 0.25) is 0 Å². The molecule has 0 bridgehead atoms. The van der Waals surface area contributed by atoms with Gasteiger partial charge in [0.05, 0.1) is 0 Å². The molecule has 1 aliphatic rings. The summed E-state index contributed by atoms with van der Waals surface area (Å²) in [5, 5.41) is 3.36. The number of aryl methyl sites for hydroxylation is 1. The Balaban J connectivity index is 2.06. The van der Waals surface area contributed by atoms with Crippen LogP contribution in [-0.2, 0) is 6.54 Å². The molecule has 3 heteroatoms. The highest BCUT2D eigenvalue weighted by Crippen LogP contribution is 2.39. The molecule has 21 heavy (non-hydrogen) atoms. The average molecular weight is 290 g/mol. The molecule has 1 heterocycles. The quantitative estimate of drug-likeness (QED) is 0.886. The molecule has 0 spiro atoms. The van der Waals surface area contributed by atoms with E-state index in [1.54, 1.807) is 0 Å². The first-order valence-electron chi connectivity index (χ1n) is 8.23. The standard InChI is InChI=1S/C18H30N2O/c1-6-19-12-15-8-14(3)20-17(9-15)21-16-7-13(2)10-18(4,5)11-16/h8-9,13,16,19H,6-7,10-12H2,1-5H3. The third kappa shape index (κ3) is 4.99. The van der Waals surface area contributed by atoms with E-state index >= 15 is 0 Å². The van der Waals surface area contributed by atoms with Crippen molar-refractivity contribution in [3.05, 3.63) is 23.4 Å². The van der Waals surface area contributed by atoms with Gasteiger partial charge in [0.1, 0.15) is 6.10 Å². The molecular weight excluding hydrogens is 260 g/mol. The highest BCUT2D eigenvalue weighted by molar-refractivity contribution is 5.24. The predicted octanol–water partition coefficient (Wildman–Crippen LogP) is 4.09. The fourth-order valence-electron chi connectivity index (χ4n) is 3.66. The van der Waals surface area contributed by atoms with E-state index in [2.05, 4.69) is 50.1 Å². The van der Waals surface area contributed by atoms with Gasteiger partial charge in [-0.05, 0) is 55.7 Å². The van der Waals surface area contributed by atoms with Gasteiger partial charge in [0.25, 0.3) is 0 Å². The zero-order chi connectivity index (χ0) is 15.5. The smallest absolute Gasteiger partial charge is 0.214 e. The number of nitrogens with one attached hydrogen (secondary N) is 1. The molecule has 0 aromatic carbocycles. The largest absolute Gasteiger partial charge is 0.474 e. The molecule has 2 atom stereocenters. The van der Waals surface area contributed by atoms with Crippen molar-refractivity contribution in [3.8, 4) is 5.88 Å². The number of ether oxygens (including phenoxy) is 1. The van der Waals surface area contributed by atoms with Crippen LogP contribution in [0.15, 0.2) is 12.1 Å². The summed E-state index contributed by atoms with van der Waals surface area (Å²) in [7, 11) is 0. The minimum Gasteiger partial charge on any atom is -0.474 e. The second-order valence-corrected chi connectivity index (χ2v) is 7.39. The maximum Gasteiger partial charge on any atom is 0.214 e. The van der Waals surface area contributed by atoms with Crippen LogP contribution in [0.5, 0.6) is 5.88 Å². The van der Waals surface area contributed by atoms with E-state index in [-0.39, 0.29) is 0 Å². The van der Waals surface area contributed by atoms with Gasteiger partial charge in [0.2, 0.25) is 5.88 Å². The highest BCUT2D eigenvalue weighted by atomic mass is 16.5. The van der Waals surface area contributed by atoms with Crippen LogP contribution in [0.25, 0.3) is 0 Å². The van der Waals surface area contributed by atoms with Crippen molar-refractivity contribution in [1.29, 1.82) is 0 Å². The molecule has 1 aliphatic carbocycles. The molecule has 3 nitrogen and oxygen atoms in total.